The van der Waals surface area contributed by atoms with Crippen LogP contribution < -0.4 is 5.73 Å². The van der Waals surface area contributed by atoms with Crippen LogP contribution in [0.5, 0.6) is 0 Å². The van der Waals surface area contributed by atoms with Crippen LogP contribution in [0.1, 0.15) is 16.8 Å². The van der Waals surface area contributed by atoms with E-state index < -0.39 is 10.8 Å². The van der Waals surface area contributed by atoms with Crippen LogP contribution in [0, 0.1) is 10.1 Å². The molecule has 0 saturated carbocycles. The lowest BCUT2D eigenvalue weighted by Crippen LogP contribution is -2.29. The van der Waals surface area contributed by atoms with Crippen molar-refractivity contribution >= 4 is 28.9 Å². The second-order valence-corrected chi connectivity index (χ2v) is 4.63. The second kappa shape index (κ2) is 7.06. The lowest BCUT2D eigenvalue weighted by molar-refractivity contribution is -0.384. The van der Waals surface area contributed by atoms with Gasteiger partial charge >= 0.3 is 0 Å². The van der Waals surface area contributed by atoms with Gasteiger partial charge in [0.25, 0.3) is 11.6 Å². The molecule has 2 N–H and O–H groups in total. The summed E-state index contributed by atoms with van der Waals surface area (Å²) in [5.41, 5.74) is 5.53. The maximum absolute atomic E-state index is 12.2. The van der Waals surface area contributed by atoms with Crippen molar-refractivity contribution in [2.75, 3.05) is 33.0 Å². The summed E-state index contributed by atoms with van der Waals surface area (Å²) < 4.78 is 4.90. The summed E-state index contributed by atoms with van der Waals surface area (Å²) in [6.07, 6.45) is 0.654. The molecule has 0 saturated heterocycles. The third-order valence-corrected chi connectivity index (χ3v) is 3.06. The molecule has 1 amide bonds. The molecular weight excluding hydrogens is 286 g/mol. The van der Waals surface area contributed by atoms with Gasteiger partial charge in [0.05, 0.1) is 21.2 Å². The normalized spacial score (nSPS) is 10.3. The molecule has 1 aromatic carbocycles. The average molecular weight is 302 g/mol. The number of carbonyl (C=O) groups excluding carboxylic acids is 1. The molecule has 0 heterocycles. The molecule has 0 aliphatic heterocycles. The first-order valence-corrected chi connectivity index (χ1v) is 6.24. The smallest absolute Gasteiger partial charge is 0.271 e. The fraction of sp³-hybridized carbons (Fsp3) is 0.417. The van der Waals surface area contributed by atoms with Gasteiger partial charge in [-0.1, -0.05) is 11.6 Å². The molecule has 0 bridgehead atoms. The predicted octanol–water partition coefficient (Wildman–Crippen LogP) is 1.94. The zero-order chi connectivity index (χ0) is 15.3. The van der Waals surface area contributed by atoms with E-state index in [0.717, 1.165) is 12.1 Å². The van der Waals surface area contributed by atoms with Crippen LogP contribution in [0.25, 0.3) is 0 Å². The molecular formula is C12H16ClN3O4. The van der Waals surface area contributed by atoms with Crippen LogP contribution in [-0.4, -0.2) is 43.0 Å². The number of hydrogen-bond donors (Lipinski definition) is 1. The fourth-order valence-corrected chi connectivity index (χ4v) is 1.85. The van der Waals surface area contributed by atoms with Crippen LogP contribution in [0.15, 0.2) is 12.1 Å². The highest BCUT2D eigenvalue weighted by atomic mass is 35.5. The Morgan fingerprint density at radius 1 is 1.55 bits per heavy atom. The summed E-state index contributed by atoms with van der Waals surface area (Å²) in [4.78, 5) is 23.8. The largest absolute Gasteiger partial charge is 0.397 e. The molecule has 1 rings (SSSR count). The van der Waals surface area contributed by atoms with Crippen molar-refractivity contribution < 1.29 is 14.5 Å². The highest BCUT2D eigenvalue weighted by Crippen LogP contribution is 2.29. The van der Waals surface area contributed by atoms with E-state index >= 15 is 0 Å². The van der Waals surface area contributed by atoms with E-state index in [1.807, 2.05) is 0 Å². The minimum Gasteiger partial charge on any atom is -0.397 e. The van der Waals surface area contributed by atoms with Gasteiger partial charge in [-0.3, -0.25) is 14.9 Å². The van der Waals surface area contributed by atoms with E-state index in [1.165, 1.54) is 4.90 Å². The Balaban J connectivity index is 2.99. The highest BCUT2D eigenvalue weighted by molar-refractivity contribution is 6.34. The third-order valence-electron chi connectivity index (χ3n) is 2.74. The Bertz CT molecular complexity index is 522. The summed E-state index contributed by atoms with van der Waals surface area (Å²) >= 11 is 5.82. The number of nitrogen functional groups attached to an aromatic ring is 1. The average Bonchev–Trinajstić information content (AvgIpc) is 2.40. The molecule has 0 radical (unpaired) electrons. The Kier molecular flexibility index (Phi) is 5.72. The number of nitro benzene ring substituents is 1. The number of nitrogens with two attached hydrogens (primary N) is 1. The number of non-ortho nitro benzene ring substituents is 1. The number of nitrogens with zero attached hydrogens (tertiary/aromatic N) is 2. The standard InChI is InChI=1S/C12H16ClN3O4/c1-15(4-3-5-20-2)12(17)9-6-8(16(18)19)7-10(13)11(9)14/h6-7H,3-5,14H2,1-2H3. The van der Waals surface area contributed by atoms with E-state index in [2.05, 4.69) is 0 Å². The SMILES string of the molecule is COCCCN(C)C(=O)c1cc([N+](=O)[O-])cc(Cl)c1N. The van der Waals surface area contributed by atoms with Crippen molar-refractivity contribution in [3.63, 3.8) is 0 Å². The van der Waals surface area contributed by atoms with Gasteiger partial charge in [-0.05, 0) is 6.42 Å². The van der Waals surface area contributed by atoms with Crippen molar-refractivity contribution in [3.8, 4) is 0 Å². The first kappa shape index (κ1) is 16.2. The maximum Gasteiger partial charge on any atom is 0.271 e. The lowest BCUT2D eigenvalue weighted by Gasteiger charge is -2.18. The Morgan fingerprint density at radius 3 is 2.75 bits per heavy atom. The zero-order valence-electron chi connectivity index (χ0n) is 11.3. The molecule has 110 valence electrons. The first-order valence-electron chi connectivity index (χ1n) is 5.86. The summed E-state index contributed by atoms with van der Waals surface area (Å²) in [6.45, 7) is 0.967. The third kappa shape index (κ3) is 3.82. The molecule has 0 aromatic heterocycles. The van der Waals surface area contributed by atoms with Gasteiger partial charge in [0, 0.05) is 39.4 Å². The number of hydrogen-bond acceptors (Lipinski definition) is 5. The molecule has 0 unspecified atom stereocenters. The molecule has 0 fully saturated rings. The number of ether oxygens (including phenoxy) is 1. The molecule has 0 aliphatic carbocycles. The van der Waals surface area contributed by atoms with E-state index in [9.17, 15) is 14.9 Å². The number of carbonyl (C=O) groups is 1. The molecule has 0 atom stereocenters. The van der Waals surface area contributed by atoms with Crippen LogP contribution in [0.3, 0.4) is 0 Å². The Labute approximate surface area is 121 Å². The maximum atomic E-state index is 12.2. The van der Waals surface area contributed by atoms with Gasteiger partial charge in [0.2, 0.25) is 0 Å². The predicted molar refractivity (Wildman–Crippen MR) is 76.0 cm³/mol. The summed E-state index contributed by atoms with van der Waals surface area (Å²) in [5, 5.41) is 10.8. The molecule has 0 spiro atoms. The van der Waals surface area contributed by atoms with Gasteiger partial charge < -0.3 is 15.4 Å². The monoisotopic (exact) mass is 301 g/mol. The molecule has 7 nitrogen and oxygen atoms in total. The number of methoxy groups -OCH3 is 1. The van der Waals surface area contributed by atoms with Crippen molar-refractivity contribution in [1.29, 1.82) is 0 Å². The van der Waals surface area contributed by atoms with Crippen molar-refractivity contribution in [1.82, 2.24) is 4.90 Å². The lowest BCUT2D eigenvalue weighted by atomic mass is 10.1. The number of nitro groups is 1. The summed E-state index contributed by atoms with van der Waals surface area (Å²) in [5.74, 6) is -0.413. The van der Waals surface area contributed by atoms with Crippen LogP contribution >= 0.6 is 11.6 Å². The van der Waals surface area contributed by atoms with Crippen LogP contribution in [-0.2, 0) is 4.74 Å². The van der Waals surface area contributed by atoms with E-state index in [-0.39, 0.29) is 22.0 Å². The number of benzene rings is 1. The van der Waals surface area contributed by atoms with Gasteiger partial charge in [-0.25, -0.2) is 0 Å². The van der Waals surface area contributed by atoms with E-state index in [0.29, 0.717) is 19.6 Å². The quantitative estimate of drug-likeness (QED) is 0.375. The minimum atomic E-state index is -0.618. The number of rotatable bonds is 6. The Hall–Kier alpha value is -1.86. The summed E-state index contributed by atoms with van der Waals surface area (Å²) in [6, 6.07) is 2.26. The van der Waals surface area contributed by atoms with Crippen molar-refractivity contribution in [3.05, 3.63) is 32.8 Å². The first-order chi connectivity index (χ1) is 9.38. The number of anilines is 1. The highest BCUT2D eigenvalue weighted by Gasteiger charge is 2.21. The van der Waals surface area contributed by atoms with Crippen LogP contribution in [0.2, 0.25) is 5.02 Å². The van der Waals surface area contributed by atoms with Gasteiger partial charge in [-0.15, -0.1) is 0 Å². The second-order valence-electron chi connectivity index (χ2n) is 4.22. The number of amides is 1. The topological polar surface area (TPSA) is 98.7 Å². The van der Waals surface area contributed by atoms with Crippen molar-refractivity contribution in [2.45, 2.75) is 6.42 Å². The molecule has 1 aromatic rings. The molecule has 0 aliphatic rings. The number of halogens is 1. The molecule has 8 heteroatoms. The van der Waals surface area contributed by atoms with Gasteiger partial charge in [0.1, 0.15) is 0 Å². The zero-order valence-corrected chi connectivity index (χ0v) is 12.0. The van der Waals surface area contributed by atoms with E-state index in [4.69, 9.17) is 22.1 Å². The van der Waals surface area contributed by atoms with Crippen LogP contribution in [0.4, 0.5) is 11.4 Å². The van der Waals surface area contributed by atoms with Gasteiger partial charge in [-0.2, -0.15) is 0 Å². The van der Waals surface area contributed by atoms with E-state index in [1.54, 1.807) is 14.2 Å². The van der Waals surface area contributed by atoms with Gasteiger partial charge in [0.15, 0.2) is 0 Å². The molecule has 20 heavy (non-hydrogen) atoms. The van der Waals surface area contributed by atoms with Crippen molar-refractivity contribution in [2.24, 2.45) is 0 Å². The Morgan fingerprint density at radius 2 is 2.20 bits per heavy atom. The summed E-state index contributed by atoms with van der Waals surface area (Å²) in [7, 11) is 3.16. The fourth-order valence-electron chi connectivity index (χ4n) is 1.64. The minimum absolute atomic E-state index is 0.00663.